The number of hydrogen-bond acceptors (Lipinski definition) is 6. The highest BCUT2D eigenvalue weighted by Gasteiger charge is 2.53. The van der Waals surface area contributed by atoms with Gasteiger partial charge in [-0.05, 0) is 18.9 Å². The first kappa shape index (κ1) is 23.9. The third-order valence-corrected chi connectivity index (χ3v) is 5.21. The van der Waals surface area contributed by atoms with E-state index < -0.39 is 17.6 Å². The van der Waals surface area contributed by atoms with Gasteiger partial charge in [-0.2, -0.15) is 13.2 Å². The molecular formula is C19H26F3N3O5. The van der Waals surface area contributed by atoms with Crippen LogP contribution in [0.25, 0.3) is 0 Å². The van der Waals surface area contributed by atoms with Crippen LogP contribution in [0.5, 0.6) is 5.88 Å². The number of carboxylic acids is 1. The fourth-order valence-corrected chi connectivity index (χ4v) is 3.88. The number of aromatic nitrogens is 1. The topological polar surface area (TPSA) is 92.2 Å². The zero-order valence-corrected chi connectivity index (χ0v) is 17.1. The van der Waals surface area contributed by atoms with Gasteiger partial charge >= 0.3 is 12.1 Å². The van der Waals surface area contributed by atoms with E-state index in [1.54, 1.807) is 18.2 Å². The van der Waals surface area contributed by atoms with Crippen molar-refractivity contribution in [1.29, 1.82) is 0 Å². The quantitative estimate of drug-likeness (QED) is 0.774. The molecule has 0 aromatic carbocycles. The van der Waals surface area contributed by atoms with Crippen LogP contribution in [0, 0.1) is 5.41 Å². The number of carboxylic acid groups (broad SMARTS) is 1. The molecule has 0 unspecified atom stereocenters. The molecule has 30 heavy (non-hydrogen) atoms. The maximum atomic E-state index is 12.8. The number of carbonyl (C=O) groups is 2. The Labute approximate surface area is 172 Å². The van der Waals surface area contributed by atoms with E-state index in [1.807, 2.05) is 26.2 Å². The fraction of sp³-hybridized carbons (Fsp3) is 0.632. The van der Waals surface area contributed by atoms with Crippen molar-refractivity contribution in [3.05, 3.63) is 23.9 Å². The molecule has 0 spiro atoms. The van der Waals surface area contributed by atoms with Gasteiger partial charge in [-0.3, -0.25) is 9.69 Å². The van der Waals surface area contributed by atoms with E-state index in [0.29, 0.717) is 12.5 Å². The second-order valence-corrected chi connectivity index (χ2v) is 7.44. The van der Waals surface area contributed by atoms with Gasteiger partial charge in [-0.1, -0.05) is 6.07 Å². The fourth-order valence-electron chi connectivity index (χ4n) is 3.88. The van der Waals surface area contributed by atoms with E-state index in [0.717, 1.165) is 38.0 Å². The van der Waals surface area contributed by atoms with Crippen molar-refractivity contribution in [3.63, 3.8) is 0 Å². The predicted octanol–water partition coefficient (Wildman–Crippen LogP) is 1.79. The minimum atomic E-state index is -5.08. The Hall–Kier alpha value is -2.40. The van der Waals surface area contributed by atoms with E-state index in [9.17, 15) is 18.0 Å². The molecule has 0 saturated carbocycles. The second-order valence-electron chi connectivity index (χ2n) is 7.44. The van der Waals surface area contributed by atoms with Crippen LogP contribution in [0.4, 0.5) is 13.2 Å². The lowest BCUT2D eigenvalue weighted by Crippen LogP contribution is -2.56. The molecule has 168 valence electrons. The number of pyridine rings is 1. The van der Waals surface area contributed by atoms with Crippen LogP contribution in [-0.4, -0.2) is 84.9 Å². The molecule has 0 aliphatic carbocycles. The smallest absolute Gasteiger partial charge is 0.481 e. The lowest BCUT2D eigenvalue weighted by atomic mass is 9.75. The summed E-state index contributed by atoms with van der Waals surface area (Å²) >= 11 is 0. The molecule has 1 N–H and O–H groups in total. The first-order valence-electron chi connectivity index (χ1n) is 9.35. The van der Waals surface area contributed by atoms with Crippen LogP contribution in [0.2, 0.25) is 0 Å². The van der Waals surface area contributed by atoms with Crippen LogP contribution < -0.4 is 4.74 Å². The summed E-state index contributed by atoms with van der Waals surface area (Å²) in [6, 6.07) is 3.95. The standard InChI is InChI=1S/C17H25N3O3.C2HF3O2/c1-19(2)16(21)17-7-10-23-14(17)6-9-20(12-17)11-13-5-4-8-18-15(13)22-3;3-2(4,5)1(6)7/h4-5,8,14H,6-7,9-12H2,1-3H3;(H,6,7)/t14-,17-;/m1./s1. The number of alkyl halides is 3. The monoisotopic (exact) mass is 433 g/mol. The van der Waals surface area contributed by atoms with Crippen LogP contribution >= 0.6 is 0 Å². The zero-order chi connectivity index (χ0) is 22.5. The number of fused-ring (bicyclic) bond motifs is 1. The van der Waals surface area contributed by atoms with Gasteiger partial charge in [-0.25, -0.2) is 9.78 Å². The van der Waals surface area contributed by atoms with E-state index in [2.05, 4.69) is 9.88 Å². The number of likely N-dealkylation sites (tertiary alicyclic amines) is 1. The van der Waals surface area contributed by atoms with Gasteiger partial charge in [-0.15, -0.1) is 0 Å². The molecule has 0 bridgehead atoms. The van der Waals surface area contributed by atoms with E-state index >= 15 is 0 Å². The van der Waals surface area contributed by atoms with Gasteiger partial charge in [0, 0.05) is 52.1 Å². The summed E-state index contributed by atoms with van der Waals surface area (Å²) in [6.45, 7) is 3.07. The van der Waals surface area contributed by atoms with Gasteiger partial charge in [0.1, 0.15) is 0 Å². The first-order valence-corrected chi connectivity index (χ1v) is 9.35. The van der Waals surface area contributed by atoms with Gasteiger partial charge in [0.05, 0.1) is 18.6 Å². The maximum Gasteiger partial charge on any atom is 0.490 e. The van der Waals surface area contributed by atoms with Gasteiger partial charge < -0.3 is 19.5 Å². The largest absolute Gasteiger partial charge is 0.490 e. The minimum Gasteiger partial charge on any atom is -0.481 e. The molecule has 1 aromatic rings. The molecule has 1 amide bonds. The summed E-state index contributed by atoms with van der Waals surface area (Å²) in [5.41, 5.74) is 0.650. The number of halogens is 3. The van der Waals surface area contributed by atoms with Crippen molar-refractivity contribution in [2.24, 2.45) is 5.41 Å². The molecule has 2 aliphatic heterocycles. The van der Waals surface area contributed by atoms with Crippen molar-refractivity contribution in [2.45, 2.75) is 31.7 Å². The molecule has 0 radical (unpaired) electrons. The number of nitrogens with zero attached hydrogens (tertiary/aromatic N) is 3. The summed E-state index contributed by atoms with van der Waals surface area (Å²) in [6.07, 6.45) is -1.61. The van der Waals surface area contributed by atoms with Crippen molar-refractivity contribution < 1.29 is 37.3 Å². The van der Waals surface area contributed by atoms with E-state index in [-0.39, 0.29) is 12.0 Å². The molecule has 2 saturated heterocycles. The first-order chi connectivity index (χ1) is 14.0. The zero-order valence-electron chi connectivity index (χ0n) is 17.1. The highest BCUT2D eigenvalue weighted by molar-refractivity contribution is 5.83. The molecule has 11 heteroatoms. The third kappa shape index (κ3) is 5.39. The number of hydrogen-bond donors (Lipinski definition) is 1. The van der Waals surface area contributed by atoms with Crippen LogP contribution in [0.15, 0.2) is 18.3 Å². The van der Waals surface area contributed by atoms with Crippen molar-refractivity contribution >= 4 is 11.9 Å². The summed E-state index contributed by atoms with van der Waals surface area (Å²) in [5.74, 6) is -1.92. The normalized spacial score (nSPS) is 23.7. The lowest BCUT2D eigenvalue weighted by Gasteiger charge is -2.43. The van der Waals surface area contributed by atoms with Crippen molar-refractivity contribution in [3.8, 4) is 5.88 Å². The number of carbonyl (C=O) groups excluding carboxylic acids is 1. The Kier molecular flexibility index (Phi) is 7.64. The molecule has 2 atom stereocenters. The van der Waals surface area contributed by atoms with Gasteiger partial charge in [0.15, 0.2) is 0 Å². The molecule has 3 heterocycles. The summed E-state index contributed by atoms with van der Waals surface area (Å²) in [7, 11) is 5.30. The average Bonchev–Trinajstić information content (AvgIpc) is 3.11. The Morgan fingerprint density at radius 1 is 1.43 bits per heavy atom. The molecule has 3 rings (SSSR count). The third-order valence-electron chi connectivity index (χ3n) is 5.21. The van der Waals surface area contributed by atoms with E-state index in [4.69, 9.17) is 19.4 Å². The molecule has 2 aliphatic rings. The maximum absolute atomic E-state index is 12.8. The number of aliphatic carboxylic acids is 1. The van der Waals surface area contributed by atoms with Gasteiger partial charge in [0.25, 0.3) is 0 Å². The van der Waals surface area contributed by atoms with E-state index in [1.165, 1.54) is 0 Å². The lowest BCUT2D eigenvalue weighted by molar-refractivity contribution is -0.192. The molecule has 8 nitrogen and oxygen atoms in total. The predicted molar refractivity (Wildman–Crippen MR) is 99.9 cm³/mol. The number of ether oxygens (including phenoxy) is 2. The number of amides is 1. The molecular weight excluding hydrogens is 407 g/mol. The number of rotatable bonds is 4. The van der Waals surface area contributed by atoms with Crippen molar-refractivity contribution in [2.75, 3.05) is 40.9 Å². The summed E-state index contributed by atoms with van der Waals surface area (Å²) in [4.78, 5) is 30.0. The second kappa shape index (κ2) is 9.61. The van der Waals surface area contributed by atoms with Gasteiger partial charge in [0.2, 0.25) is 11.8 Å². The SMILES string of the molecule is COc1ncccc1CN1CC[C@H]2OCC[C@@]2(C(=O)N(C)C)C1.O=C(O)C(F)(F)F. The molecule has 1 aromatic heterocycles. The Balaban J connectivity index is 0.000000396. The molecule has 2 fully saturated rings. The van der Waals surface area contributed by atoms with Crippen molar-refractivity contribution in [1.82, 2.24) is 14.8 Å². The Morgan fingerprint density at radius 3 is 2.67 bits per heavy atom. The van der Waals surface area contributed by atoms with Crippen LogP contribution in [0.3, 0.4) is 0 Å². The number of piperidine rings is 1. The minimum absolute atomic E-state index is 0.0458. The summed E-state index contributed by atoms with van der Waals surface area (Å²) < 4.78 is 42.9. The van der Waals surface area contributed by atoms with Crippen LogP contribution in [0.1, 0.15) is 18.4 Å². The Bertz CT molecular complexity index is 759. The Morgan fingerprint density at radius 2 is 2.10 bits per heavy atom. The average molecular weight is 433 g/mol. The highest BCUT2D eigenvalue weighted by atomic mass is 19.4. The van der Waals surface area contributed by atoms with Crippen LogP contribution in [-0.2, 0) is 20.9 Å². The summed E-state index contributed by atoms with van der Waals surface area (Å²) in [5, 5.41) is 7.12. The number of methoxy groups -OCH3 is 1. The highest BCUT2D eigenvalue weighted by Crippen LogP contribution is 2.42.